The first-order valence-electron chi connectivity index (χ1n) is 6.67. The summed E-state index contributed by atoms with van der Waals surface area (Å²) in [6, 6.07) is 4.22. The van der Waals surface area contributed by atoms with Crippen LogP contribution in [0.2, 0.25) is 5.02 Å². The van der Waals surface area contributed by atoms with Gasteiger partial charge in [-0.05, 0) is 38.1 Å². The van der Waals surface area contributed by atoms with E-state index in [4.69, 9.17) is 11.6 Å². The number of carbonyl (C=O) groups excluding carboxylic acids is 2. The molecule has 1 aliphatic carbocycles. The minimum Gasteiger partial charge on any atom is -0.352 e. The fraction of sp³-hybridized carbons (Fsp3) is 0.429. The molecule has 7 heteroatoms. The smallest absolute Gasteiger partial charge is 0.238 e. The first-order chi connectivity index (χ1) is 9.94. The number of benzene rings is 1. The maximum absolute atomic E-state index is 13.5. The summed E-state index contributed by atoms with van der Waals surface area (Å²) in [7, 11) is 1.65. The van der Waals surface area contributed by atoms with Crippen molar-refractivity contribution in [3.63, 3.8) is 0 Å². The molecule has 0 bridgehead atoms. The zero-order valence-corrected chi connectivity index (χ0v) is 12.4. The van der Waals surface area contributed by atoms with Crippen LogP contribution >= 0.6 is 11.6 Å². The summed E-state index contributed by atoms with van der Waals surface area (Å²) in [5, 5.41) is 5.61. The molecule has 2 amide bonds. The molecule has 1 aromatic carbocycles. The zero-order valence-electron chi connectivity index (χ0n) is 11.7. The van der Waals surface area contributed by atoms with E-state index in [-0.39, 0.29) is 24.7 Å². The van der Waals surface area contributed by atoms with Crippen LogP contribution in [0.4, 0.5) is 10.1 Å². The van der Waals surface area contributed by atoms with E-state index in [2.05, 4.69) is 10.6 Å². The SMILES string of the molecule is CN(CC(=O)Nc1cc(Cl)ccc1F)CC(=O)NC1CC1. The molecule has 0 unspecified atom stereocenters. The van der Waals surface area contributed by atoms with E-state index < -0.39 is 11.7 Å². The number of hydrogen-bond donors (Lipinski definition) is 2. The van der Waals surface area contributed by atoms with E-state index in [0.717, 1.165) is 12.8 Å². The van der Waals surface area contributed by atoms with Crippen LogP contribution < -0.4 is 10.6 Å². The van der Waals surface area contributed by atoms with Crippen molar-refractivity contribution in [1.29, 1.82) is 0 Å². The zero-order chi connectivity index (χ0) is 15.4. The van der Waals surface area contributed by atoms with Crippen molar-refractivity contribution in [2.45, 2.75) is 18.9 Å². The third kappa shape index (κ3) is 5.32. The van der Waals surface area contributed by atoms with Gasteiger partial charge in [0.1, 0.15) is 5.82 Å². The van der Waals surface area contributed by atoms with Crippen LogP contribution in [0.5, 0.6) is 0 Å². The Bertz CT molecular complexity index is 549. The lowest BCUT2D eigenvalue weighted by Crippen LogP contribution is -2.39. The number of hydrogen-bond acceptors (Lipinski definition) is 3. The molecule has 1 aromatic rings. The summed E-state index contributed by atoms with van der Waals surface area (Å²) < 4.78 is 13.5. The Labute approximate surface area is 127 Å². The predicted octanol–water partition coefficient (Wildman–Crippen LogP) is 1.63. The van der Waals surface area contributed by atoms with Gasteiger partial charge in [0, 0.05) is 11.1 Å². The number of rotatable bonds is 6. The molecule has 0 aromatic heterocycles. The second-order valence-corrected chi connectivity index (χ2v) is 5.62. The van der Waals surface area contributed by atoms with Crippen LogP contribution in [0.15, 0.2) is 18.2 Å². The minimum absolute atomic E-state index is 0.00988. The highest BCUT2D eigenvalue weighted by molar-refractivity contribution is 6.30. The first kappa shape index (κ1) is 15.7. The molecule has 0 aliphatic heterocycles. The average Bonchev–Trinajstić information content (AvgIpc) is 3.17. The molecule has 0 heterocycles. The summed E-state index contributed by atoms with van der Waals surface area (Å²) in [5.41, 5.74) is 0.0309. The van der Waals surface area contributed by atoms with Gasteiger partial charge in [0.25, 0.3) is 0 Å². The first-order valence-corrected chi connectivity index (χ1v) is 7.04. The van der Waals surface area contributed by atoms with Gasteiger partial charge in [0.2, 0.25) is 11.8 Å². The van der Waals surface area contributed by atoms with Crippen molar-refractivity contribution in [2.24, 2.45) is 0 Å². The van der Waals surface area contributed by atoms with Crippen LogP contribution in [0.25, 0.3) is 0 Å². The normalized spacial score (nSPS) is 14.1. The quantitative estimate of drug-likeness (QED) is 0.839. The monoisotopic (exact) mass is 313 g/mol. The summed E-state index contributed by atoms with van der Waals surface area (Å²) >= 11 is 5.75. The molecule has 114 valence electrons. The summed E-state index contributed by atoms with van der Waals surface area (Å²) in [6.07, 6.45) is 2.04. The highest BCUT2D eigenvalue weighted by Crippen LogP contribution is 2.19. The van der Waals surface area contributed by atoms with Crippen molar-refractivity contribution < 1.29 is 14.0 Å². The molecule has 21 heavy (non-hydrogen) atoms. The fourth-order valence-corrected chi connectivity index (χ4v) is 2.00. The van der Waals surface area contributed by atoms with E-state index in [1.165, 1.54) is 18.2 Å². The van der Waals surface area contributed by atoms with Crippen molar-refractivity contribution in [2.75, 3.05) is 25.5 Å². The van der Waals surface area contributed by atoms with E-state index in [9.17, 15) is 14.0 Å². The number of halogens is 2. The topological polar surface area (TPSA) is 61.4 Å². The molecular formula is C14H17ClFN3O2. The molecule has 2 rings (SSSR count). The third-order valence-corrected chi connectivity index (χ3v) is 3.21. The van der Waals surface area contributed by atoms with Gasteiger partial charge in [-0.15, -0.1) is 0 Å². The van der Waals surface area contributed by atoms with E-state index in [1.54, 1.807) is 11.9 Å². The van der Waals surface area contributed by atoms with E-state index in [0.29, 0.717) is 11.1 Å². The molecule has 2 N–H and O–H groups in total. The highest BCUT2D eigenvalue weighted by Gasteiger charge is 2.23. The molecule has 5 nitrogen and oxygen atoms in total. The van der Waals surface area contributed by atoms with Crippen molar-refractivity contribution >= 4 is 29.1 Å². The lowest BCUT2D eigenvalue weighted by molar-refractivity contribution is -0.123. The lowest BCUT2D eigenvalue weighted by Gasteiger charge is -2.16. The van der Waals surface area contributed by atoms with Gasteiger partial charge in [0.15, 0.2) is 0 Å². The summed E-state index contributed by atoms with van der Waals surface area (Å²) in [4.78, 5) is 25.0. The van der Waals surface area contributed by atoms with Crippen LogP contribution in [-0.2, 0) is 9.59 Å². The third-order valence-electron chi connectivity index (χ3n) is 2.97. The fourth-order valence-electron chi connectivity index (χ4n) is 1.83. The van der Waals surface area contributed by atoms with Gasteiger partial charge >= 0.3 is 0 Å². The van der Waals surface area contributed by atoms with Gasteiger partial charge < -0.3 is 10.6 Å². The standard InChI is InChI=1S/C14H17ClFN3O2/c1-19(7-13(20)17-10-3-4-10)8-14(21)18-12-6-9(15)2-5-11(12)16/h2,5-6,10H,3-4,7-8H2,1H3,(H,17,20)(H,18,21). The largest absolute Gasteiger partial charge is 0.352 e. The number of carbonyl (C=O) groups is 2. The van der Waals surface area contributed by atoms with Crippen LogP contribution in [-0.4, -0.2) is 42.9 Å². The van der Waals surface area contributed by atoms with E-state index in [1.807, 2.05) is 0 Å². The van der Waals surface area contributed by atoms with Crippen molar-refractivity contribution in [1.82, 2.24) is 10.2 Å². The summed E-state index contributed by atoms with van der Waals surface area (Å²) in [5.74, 6) is -1.07. The Morgan fingerprint density at radius 3 is 2.67 bits per heavy atom. The second-order valence-electron chi connectivity index (χ2n) is 5.19. The molecule has 1 saturated carbocycles. The van der Waals surface area contributed by atoms with Gasteiger partial charge in [-0.2, -0.15) is 0 Å². The Kier molecular flexibility index (Phi) is 5.14. The minimum atomic E-state index is -0.554. The molecular weight excluding hydrogens is 297 g/mol. The van der Waals surface area contributed by atoms with Gasteiger partial charge in [-0.3, -0.25) is 14.5 Å². The Hall–Kier alpha value is -1.66. The number of nitrogens with zero attached hydrogens (tertiary/aromatic N) is 1. The van der Waals surface area contributed by atoms with Gasteiger partial charge in [0.05, 0.1) is 18.8 Å². The maximum atomic E-state index is 13.5. The molecule has 0 atom stereocenters. The Morgan fingerprint density at radius 1 is 1.33 bits per heavy atom. The van der Waals surface area contributed by atoms with Gasteiger partial charge in [-0.1, -0.05) is 11.6 Å². The van der Waals surface area contributed by atoms with Crippen molar-refractivity contribution in [3.05, 3.63) is 29.0 Å². The second kappa shape index (κ2) is 6.87. The number of nitrogens with one attached hydrogen (secondary N) is 2. The Morgan fingerprint density at radius 2 is 2.00 bits per heavy atom. The number of anilines is 1. The van der Waals surface area contributed by atoms with Crippen LogP contribution in [0.3, 0.4) is 0 Å². The van der Waals surface area contributed by atoms with E-state index >= 15 is 0 Å². The molecule has 0 radical (unpaired) electrons. The Balaban J connectivity index is 1.80. The number of likely N-dealkylation sites (N-methyl/N-ethyl adjacent to an activating group) is 1. The van der Waals surface area contributed by atoms with Crippen LogP contribution in [0.1, 0.15) is 12.8 Å². The molecule has 1 fully saturated rings. The molecule has 1 aliphatic rings. The van der Waals surface area contributed by atoms with Crippen LogP contribution in [0, 0.1) is 5.82 Å². The predicted molar refractivity (Wildman–Crippen MR) is 78.7 cm³/mol. The highest BCUT2D eigenvalue weighted by atomic mass is 35.5. The molecule has 0 saturated heterocycles. The maximum Gasteiger partial charge on any atom is 0.238 e. The lowest BCUT2D eigenvalue weighted by atomic mass is 10.3. The summed E-state index contributed by atoms with van der Waals surface area (Å²) in [6.45, 7) is 0.117. The van der Waals surface area contributed by atoms with Crippen molar-refractivity contribution in [3.8, 4) is 0 Å². The average molecular weight is 314 g/mol. The number of amides is 2. The molecule has 0 spiro atoms. The van der Waals surface area contributed by atoms with Gasteiger partial charge in [-0.25, -0.2) is 4.39 Å².